The van der Waals surface area contributed by atoms with Gasteiger partial charge in [-0.1, -0.05) is 48.3 Å². The van der Waals surface area contributed by atoms with Crippen molar-refractivity contribution in [3.05, 3.63) is 66.5 Å². The second-order valence-electron chi connectivity index (χ2n) is 4.72. The lowest BCUT2D eigenvalue weighted by Gasteiger charge is -2.13. The highest BCUT2D eigenvalue weighted by molar-refractivity contribution is 6.28. The number of rotatable bonds is 0. The molecule has 0 saturated heterocycles. The first-order valence-electron chi connectivity index (χ1n) is 11.7. The maximum atomic E-state index is 10.2. The van der Waals surface area contributed by atoms with Crippen LogP contribution >= 0.6 is 0 Å². The molecule has 98 valence electrons. The molecule has 0 fully saturated rings. The van der Waals surface area contributed by atoms with Crippen molar-refractivity contribution in [2.75, 3.05) is 0 Å². The van der Waals surface area contributed by atoms with Crippen molar-refractivity contribution in [3.8, 4) is 5.75 Å². The zero-order valence-electron chi connectivity index (χ0n) is 21.4. The Kier molecular flexibility index (Phi) is 0.847. The van der Waals surface area contributed by atoms with E-state index >= 15 is 0 Å². The Morgan fingerprint density at radius 1 is 0.619 bits per heavy atom. The molecule has 0 heterocycles. The molecule has 0 aliphatic rings. The van der Waals surface area contributed by atoms with E-state index in [0.29, 0.717) is 0 Å². The van der Waals surface area contributed by atoms with E-state index in [4.69, 9.17) is 15.1 Å². The van der Waals surface area contributed by atoms with Crippen molar-refractivity contribution in [1.82, 2.24) is 0 Å². The number of fused-ring (bicyclic) bond motifs is 2. The molecule has 1 heteroatoms. The first-order chi connectivity index (χ1) is 14.9. The van der Waals surface area contributed by atoms with Crippen molar-refractivity contribution in [1.29, 1.82) is 0 Å². The molecule has 21 heavy (non-hydrogen) atoms. The average Bonchev–Trinajstić information content (AvgIpc) is 2.75. The third kappa shape index (κ3) is 1.35. The number of aromatic hydroxyl groups is 1. The molecule has 0 aliphatic heterocycles. The summed E-state index contributed by atoms with van der Waals surface area (Å²) in [6.07, 6.45) is 0. The van der Waals surface area contributed by atoms with Crippen molar-refractivity contribution < 1.29 is 20.2 Å². The lowest BCUT2D eigenvalue weighted by Crippen LogP contribution is -1.85. The van der Waals surface area contributed by atoms with E-state index in [2.05, 4.69) is 0 Å². The molecule has 0 spiro atoms. The number of hydrogen-bond donors (Lipinski definition) is 1. The van der Waals surface area contributed by atoms with Crippen LogP contribution in [-0.4, -0.2) is 5.11 Å². The van der Waals surface area contributed by atoms with E-state index in [0.717, 1.165) is 0 Å². The van der Waals surface area contributed by atoms with Crippen LogP contribution in [0.2, 0.25) is 0 Å². The van der Waals surface area contributed by atoms with E-state index in [1.54, 1.807) is 0 Å². The highest BCUT2D eigenvalue weighted by Crippen LogP contribution is 2.38. The Morgan fingerprint density at radius 3 is 2.19 bits per heavy atom. The van der Waals surface area contributed by atoms with Crippen molar-refractivity contribution in [2.45, 2.75) is 0 Å². The van der Waals surface area contributed by atoms with Crippen LogP contribution < -0.4 is 0 Å². The Hall–Kier alpha value is -2.80. The van der Waals surface area contributed by atoms with Gasteiger partial charge in [0.2, 0.25) is 0 Å². The Morgan fingerprint density at radius 2 is 1.33 bits per heavy atom. The van der Waals surface area contributed by atoms with Gasteiger partial charge in [-0.3, -0.25) is 0 Å². The predicted octanol–water partition coefficient (Wildman–Crippen LogP) is 5.44. The molecule has 5 aromatic carbocycles. The fourth-order valence-electron chi connectivity index (χ4n) is 2.68. The van der Waals surface area contributed by atoms with Crippen molar-refractivity contribution in [3.63, 3.8) is 0 Å². The van der Waals surface area contributed by atoms with Crippen LogP contribution in [0.4, 0.5) is 0 Å². The van der Waals surface area contributed by atoms with E-state index in [-0.39, 0.29) is 43.1 Å². The predicted molar refractivity (Wildman–Crippen MR) is 89.3 cm³/mol. The van der Waals surface area contributed by atoms with Crippen molar-refractivity contribution >= 4 is 43.1 Å². The lowest BCUT2D eigenvalue weighted by atomic mass is 9.91. The maximum Gasteiger partial charge on any atom is 0.116 e. The summed E-state index contributed by atoms with van der Waals surface area (Å²) in [4.78, 5) is 0. The molecular weight excluding hydrogens is 256 g/mol. The van der Waals surface area contributed by atoms with Crippen LogP contribution in [0.15, 0.2) is 66.5 Å². The molecule has 0 aromatic heterocycles. The van der Waals surface area contributed by atoms with Gasteiger partial charge in [0, 0.05) is 0 Å². The lowest BCUT2D eigenvalue weighted by molar-refractivity contribution is 0.476. The molecule has 5 rings (SSSR count). The van der Waals surface area contributed by atoms with Crippen LogP contribution in [0.3, 0.4) is 0 Å². The summed E-state index contributed by atoms with van der Waals surface area (Å²) in [7, 11) is 0. The van der Waals surface area contributed by atoms with Gasteiger partial charge in [0.05, 0.1) is 15.1 Å². The minimum absolute atomic E-state index is 0.00114. The quantitative estimate of drug-likeness (QED) is 0.295. The molecule has 0 aliphatic carbocycles. The molecule has 1 N–H and O–H groups in total. The smallest absolute Gasteiger partial charge is 0.116 e. The van der Waals surface area contributed by atoms with E-state index < -0.39 is 72.2 Å². The first kappa shape index (κ1) is 4.88. The zero-order valence-corrected chi connectivity index (χ0v) is 10.4. The van der Waals surface area contributed by atoms with E-state index in [9.17, 15) is 5.11 Å². The Bertz CT molecular complexity index is 1670. The number of benzene rings is 5. The standard InChI is InChI=1S/C20H12O/c21-16-8-6-14-10-15-5-4-12-2-1-3-13-7-9-17(18(14)11-16)20(15)19(12)13/h1-11,21H/i1D,2D,3D,4D,5D,6D,7D,8D,9D,10D,11D. The fourth-order valence-corrected chi connectivity index (χ4v) is 2.68. The van der Waals surface area contributed by atoms with Gasteiger partial charge in [-0.2, -0.15) is 0 Å². The second kappa shape index (κ2) is 3.64. The summed E-state index contributed by atoms with van der Waals surface area (Å²) in [5.74, 6) is -0.828. The normalized spacial score (nSPS) is 19.3. The molecule has 1 nitrogen and oxygen atoms in total. The number of hydrogen-bond acceptors (Lipinski definition) is 1. The monoisotopic (exact) mass is 279 g/mol. The summed E-state index contributed by atoms with van der Waals surface area (Å²) < 4.78 is 91.9. The molecular formula is C20H12O. The number of phenolic OH excluding ortho intramolecular Hbond substituents is 1. The molecule has 5 aromatic rings. The Labute approximate surface area is 136 Å². The molecule has 0 saturated carbocycles. The first-order valence-corrected chi connectivity index (χ1v) is 6.22. The highest BCUT2D eigenvalue weighted by Gasteiger charge is 2.10. The van der Waals surface area contributed by atoms with Gasteiger partial charge in [-0.05, 0) is 61.2 Å². The third-order valence-electron chi connectivity index (χ3n) is 3.55. The third-order valence-corrected chi connectivity index (χ3v) is 3.55. The summed E-state index contributed by atoms with van der Waals surface area (Å²) in [5.41, 5.74) is 0. The van der Waals surface area contributed by atoms with Gasteiger partial charge in [0.1, 0.15) is 5.75 Å². The van der Waals surface area contributed by atoms with E-state index in [1.807, 2.05) is 0 Å². The number of phenols is 1. The highest BCUT2D eigenvalue weighted by atomic mass is 16.3. The van der Waals surface area contributed by atoms with Gasteiger partial charge in [0.15, 0.2) is 0 Å². The largest absolute Gasteiger partial charge is 0.508 e. The van der Waals surface area contributed by atoms with Crippen LogP contribution in [0.25, 0.3) is 43.1 Å². The van der Waals surface area contributed by atoms with Gasteiger partial charge >= 0.3 is 0 Å². The average molecular weight is 279 g/mol. The molecule has 0 bridgehead atoms. The molecule has 0 amide bonds. The van der Waals surface area contributed by atoms with Crippen LogP contribution in [0.5, 0.6) is 5.75 Å². The van der Waals surface area contributed by atoms with Gasteiger partial charge in [0.25, 0.3) is 0 Å². The summed E-state index contributed by atoms with van der Waals surface area (Å²) in [6, 6.07) is -5.88. The maximum absolute atomic E-state index is 10.2. The molecule has 0 atom stereocenters. The summed E-state index contributed by atoms with van der Waals surface area (Å²) in [5, 5.41) is 9.12. The summed E-state index contributed by atoms with van der Waals surface area (Å²) in [6.45, 7) is 0. The second-order valence-corrected chi connectivity index (χ2v) is 4.72. The minimum atomic E-state index is -0.828. The topological polar surface area (TPSA) is 20.2 Å². The zero-order chi connectivity index (χ0) is 23.5. The van der Waals surface area contributed by atoms with Gasteiger partial charge in [-0.15, -0.1) is 0 Å². The SMILES string of the molecule is [2H]c1c(O)c([2H])c2c(c1[2H])c([2H])c1c([2H])c([2H])c3c([2H])c([2H])c([2H])c4c([2H])c([2H])c2c1c34. The Balaban J connectivity index is 2.38. The van der Waals surface area contributed by atoms with Gasteiger partial charge in [-0.25, -0.2) is 0 Å². The van der Waals surface area contributed by atoms with E-state index in [1.165, 1.54) is 0 Å². The van der Waals surface area contributed by atoms with Crippen LogP contribution in [-0.2, 0) is 0 Å². The van der Waals surface area contributed by atoms with Crippen LogP contribution in [0.1, 0.15) is 15.1 Å². The summed E-state index contributed by atoms with van der Waals surface area (Å²) >= 11 is 0. The molecule has 0 unspecified atom stereocenters. The fraction of sp³-hybridized carbons (Fsp3) is 0. The van der Waals surface area contributed by atoms with Crippen molar-refractivity contribution in [2.24, 2.45) is 0 Å². The molecule has 0 radical (unpaired) electrons. The van der Waals surface area contributed by atoms with Crippen LogP contribution in [0, 0.1) is 0 Å². The van der Waals surface area contributed by atoms with Gasteiger partial charge < -0.3 is 5.11 Å². The minimum Gasteiger partial charge on any atom is -0.508 e.